The monoisotopic (exact) mass is 260 g/mol. The molecule has 2 N–H and O–H groups in total. The zero-order valence-corrected chi connectivity index (χ0v) is 12.0. The second-order valence-electron chi connectivity index (χ2n) is 5.53. The molecule has 1 aromatic rings. The lowest BCUT2D eigenvalue weighted by atomic mass is 9.95. The van der Waals surface area contributed by atoms with Crippen LogP contribution in [-0.4, -0.2) is 18.5 Å². The second kappa shape index (κ2) is 6.71. The van der Waals surface area contributed by atoms with Crippen LogP contribution in [0.2, 0.25) is 0 Å². The van der Waals surface area contributed by atoms with E-state index in [0.717, 1.165) is 16.8 Å². The fourth-order valence-corrected chi connectivity index (χ4v) is 2.74. The highest BCUT2D eigenvalue weighted by Crippen LogP contribution is 2.19. The van der Waals surface area contributed by atoms with E-state index in [0.29, 0.717) is 12.6 Å². The van der Waals surface area contributed by atoms with Crippen LogP contribution in [-0.2, 0) is 4.79 Å². The van der Waals surface area contributed by atoms with Gasteiger partial charge in [-0.25, -0.2) is 0 Å². The Morgan fingerprint density at radius 3 is 2.42 bits per heavy atom. The molecule has 1 aliphatic rings. The minimum absolute atomic E-state index is 0.0583. The molecule has 0 bridgehead atoms. The third kappa shape index (κ3) is 4.06. The van der Waals surface area contributed by atoms with Gasteiger partial charge in [0.2, 0.25) is 5.91 Å². The molecule has 0 unspecified atom stereocenters. The van der Waals surface area contributed by atoms with E-state index in [1.165, 1.54) is 32.1 Å². The van der Waals surface area contributed by atoms with E-state index in [4.69, 9.17) is 0 Å². The van der Waals surface area contributed by atoms with Gasteiger partial charge in [0.05, 0.1) is 6.54 Å². The summed E-state index contributed by atoms with van der Waals surface area (Å²) in [7, 11) is 0. The van der Waals surface area contributed by atoms with E-state index in [-0.39, 0.29) is 5.91 Å². The summed E-state index contributed by atoms with van der Waals surface area (Å²) < 4.78 is 0. The molecule has 1 saturated carbocycles. The largest absolute Gasteiger partial charge is 0.324 e. The Labute approximate surface area is 115 Å². The molecule has 1 fully saturated rings. The van der Waals surface area contributed by atoms with Crippen LogP contribution < -0.4 is 10.6 Å². The Kier molecular flexibility index (Phi) is 4.97. The van der Waals surface area contributed by atoms with Gasteiger partial charge in [-0.05, 0) is 37.8 Å². The van der Waals surface area contributed by atoms with Crippen molar-refractivity contribution < 1.29 is 4.79 Å². The van der Waals surface area contributed by atoms with Gasteiger partial charge in [-0.3, -0.25) is 4.79 Å². The van der Waals surface area contributed by atoms with E-state index >= 15 is 0 Å². The van der Waals surface area contributed by atoms with E-state index in [9.17, 15) is 4.79 Å². The molecule has 0 aliphatic heterocycles. The normalized spacial score (nSPS) is 16.3. The first-order valence-electron chi connectivity index (χ1n) is 7.26. The molecule has 0 spiro atoms. The average Bonchev–Trinajstić information content (AvgIpc) is 2.42. The minimum atomic E-state index is 0.0583. The number of rotatable bonds is 4. The summed E-state index contributed by atoms with van der Waals surface area (Å²) in [6, 6.07) is 6.59. The summed E-state index contributed by atoms with van der Waals surface area (Å²) in [5.41, 5.74) is 3.19. The molecule has 0 atom stereocenters. The minimum Gasteiger partial charge on any atom is -0.324 e. The van der Waals surface area contributed by atoms with Crippen LogP contribution in [0.4, 0.5) is 5.69 Å². The van der Waals surface area contributed by atoms with Crippen LogP contribution in [0.3, 0.4) is 0 Å². The first kappa shape index (κ1) is 14.1. The molecule has 3 nitrogen and oxygen atoms in total. The van der Waals surface area contributed by atoms with Crippen molar-refractivity contribution in [2.24, 2.45) is 0 Å². The lowest BCUT2D eigenvalue weighted by molar-refractivity contribution is -0.115. The van der Waals surface area contributed by atoms with Crippen LogP contribution >= 0.6 is 0 Å². The van der Waals surface area contributed by atoms with Gasteiger partial charge < -0.3 is 10.6 Å². The smallest absolute Gasteiger partial charge is 0.238 e. The molecule has 1 amide bonds. The van der Waals surface area contributed by atoms with Crippen molar-refractivity contribution in [3.63, 3.8) is 0 Å². The van der Waals surface area contributed by atoms with Crippen molar-refractivity contribution in [3.05, 3.63) is 29.3 Å². The number of anilines is 1. The van der Waals surface area contributed by atoms with E-state index in [2.05, 4.69) is 10.6 Å². The average molecular weight is 260 g/mol. The second-order valence-corrected chi connectivity index (χ2v) is 5.53. The van der Waals surface area contributed by atoms with Crippen molar-refractivity contribution in [3.8, 4) is 0 Å². The topological polar surface area (TPSA) is 41.1 Å². The first-order chi connectivity index (χ1) is 9.16. The van der Waals surface area contributed by atoms with Gasteiger partial charge in [-0.1, -0.05) is 37.5 Å². The van der Waals surface area contributed by atoms with E-state index in [1.807, 2.05) is 32.0 Å². The Hall–Kier alpha value is -1.35. The molecule has 0 radical (unpaired) electrons. The summed E-state index contributed by atoms with van der Waals surface area (Å²) in [5.74, 6) is 0.0583. The number of amides is 1. The number of para-hydroxylation sites is 1. The summed E-state index contributed by atoms with van der Waals surface area (Å²) in [4.78, 5) is 12.0. The maximum absolute atomic E-state index is 12.0. The molecule has 0 saturated heterocycles. The molecule has 0 aromatic heterocycles. The van der Waals surface area contributed by atoms with Crippen LogP contribution in [0.25, 0.3) is 0 Å². The number of nitrogens with one attached hydrogen (secondary N) is 2. The van der Waals surface area contributed by atoms with Crippen molar-refractivity contribution in [2.75, 3.05) is 11.9 Å². The zero-order chi connectivity index (χ0) is 13.7. The van der Waals surface area contributed by atoms with Crippen LogP contribution in [0.1, 0.15) is 43.2 Å². The Morgan fingerprint density at radius 2 is 1.79 bits per heavy atom. The maximum atomic E-state index is 12.0. The molecule has 1 aromatic carbocycles. The van der Waals surface area contributed by atoms with Crippen LogP contribution in [0.5, 0.6) is 0 Å². The molecular formula is C16H24N2O. The summed E-state index contributed by atoms with van der Waals surface area (Å²) in [5, 5.41) is 6.39. The fourth-order valence-electron chi connectivity index (χ4n) is 2.74. The third-order valence-electron chi connectivity index (χ3n) is 3.90. The molecule has 1 aliphatic carbocycles. The van der Waals surface area contributed by atoms with Gasteiger partial charge in [0, 0.05) is 11.7 Å². The van der Waals surface area contributed by atoms with Gasteiger partial charge in [-0.2, -0.15) is 0 Å². The number of hydrogen-bond acceptors (Lipinski definition) is 2. The summed E-state index contributed by atoms with van der Waals surface area (Å²) in [6.45, 7) is 4.47. The predicted molar refractivity (Wildman–Crippen MR) is 79.4 cm³/mol. The highest BCUT2D eigenvalue weighted by atomic mass is 16.1. The molecule has 19 heavy (non-hydrogen) atoms. The Morgan fingerprint density at radius 1 is 1.16 bits per heavy atom. The highest BCUT2D eigenvalue weighted by molar-refractivity contribution is 5.93. The molecular weight excluding hydrogens is 236 g/mol. The number of aryl methyl sites for hydroxylation is 2. The summed E-state index contributed by atoms with van der Waals surface area (Å²) >= 11 is 0. The zero-order valence-electron chi connectivity index (χ0n) is 12.0. The molecule has 2 rings (SSSR count). The molecule has 0 heterocycles. The van der Waals surface area contributed by atoms with E-state index in [1.54, 1.807) is 0 Å². The first-order valence-corrected chi connectivity index (χ1v) is 7.26. The number of carbonyl (C=O) groups is 1. The van der Waals surface area contributed by atoms with Gasteiger partial charge in [-0.15, -0.1) is 0 Å². The highest BCUT2D eigenvalue weighted by Gasteiger charge is 2.14. The van der Waals surface area contributed by atoms with Gasteiger partial charge in [0.1, 0.15) is 0 Å². The fraction of sp³-hybridized carbons (Fsp3) is 0.562. The van der Waals surface area contributed by atoms with Crippen molar-refractivity contribution in [1.29, 1.82) is 0 Å². The van der Waals surface area contributed by atoms with Crippen molar-refractivity contribution >= 4 is 11.6 Å². The van der Waals surface area contributed by atoms with Gasteiger partial charge >= 0.3 is 0 Å². The summed E-state index contributed by atoms with van der Waals surface area (Å²) in [6.07, 6.45) is 6.33. The van der Waals surface area contributed by atoms with Crippen LogP contribution in [0.15, 0.2) is 18.2 Å². The lowest BCUT2D eigenvalue weighted by Gasteiger charge is -2.22. The Bertz CT molecular complexity index is 416. The molecule has 3 heteroatoms. The number of carbonyl (C=O) groups excluding carboxylic acids is 1. The Balaban J connectivity index is 1.83. The predicted octanol–water partition coefficient (Wildman–Crippen LogP) is 3.16. The third-order valence-corrected chi connectivity index (χ3v) is 3.90. The van der Waals surface area contributed by atoms with Gasteiger partial charge in [0.15, 0.2) is 0 Å². The molecule has 104 valence electrons. The quantitative estimate of drug-likeness (QED) is 0.873. The SMILES string of the molecule is Cc1cccc(C)c1NC(=O)CNC1CCCCC1. The van der Waals surface area contributed by atoms with E-state index < -0.39 is 0 Å². The van der Waals surface area contributed by atoms with Crippen molar-refractivity contribution in [1.82, 2.24) is 5.32 Å². The number of benzene rings is 1. The van der Waals surface area contributed by atoms with Crippen LogP contribution in [0, 0.1) is 13.8 Å². The lowest BCUT2D eigenvalue weighted by Crippen LogP contribution is -2.37. The number of hydrogen-bond donors (Lipinski definition) is 2. The van der Waals surface area contributed by atoms with Crippen molar-refractivity contribution in [2.45, 2.75) is 52.0 Å². The standard InChI is InChI=1S/C16H24N2O/c1-12-7-6-8-13(2)16(12)18-15(19)11-17-14-9-4-3-5-10-14/h6-8,14,17H,3-5,9-11H2,1-2H3,(H,18,19). The van der Waals surface area contributed by atoms with Gasteiger partial charge in [0.25, 0.3) is 0 Å². The maximum Gasteiger partial charge on any atom is 0.238 e.